The molecule has 186 valence electrons. The van der Waals surface area contributed by atoms with Crippen LogP contribution in [-0.2, 0) is 6.54 Å². The topological polar surface area (TPSA) is 89.2 Å². The Kier molecular flexibility index (Phi) is 9.77. The van der Waals surface area contributed by atoms with E-state index in [1.165, 1.54) is 5.57 Å². The van der Waals surface area contributed by atoms with E-state index in [0.29, 0.717) is 5.75 Å². The third-order valence-electron chi connectivity index (χ3n) is 6.44. The van der Waals surface area contributed by atoms with Crippen molar-refractivity contribution in [2.75, 3.05) is 6.61 Å². The van der Waals surface area contributed by atoms with Crippen molar-refractivity contribution in [2.45, 2.75) is 26.3 Å². The Hall–Kier alpha value is -2.94. The molecule has 0 amide bonds. The number of aromatic nitrogens is 2. The van der Waals surface area contributed by atoms with E-state index >= 15 is 0 Å². The van der Waals surface area contributed by atoms with Crippen LogP contribution in [0.3, 0.4) is 0 Å². The standard InChI is InChI=1S/C31H30N5O.K/c1-2-36-30(23-14-7-4-8-15-23)29(22-12-5-3-6-13-22)34-31(36)27-19-10-9-18-26(27)24-16-11-17-25(20-24)37-21-28(32)35-33;/h3,5-7,9-20H,2,4,8,21,33H2,1H3,(H-,32,35);/q-1;+1. The van der Waals surface area contributed by atoms with Crippen LogP contribution in [0.15, 0.2) is 102 Å². The molecule has 1 aliphatic carbocycles. The number of benzene rings is 3. The van der Waals surface area contributed by atoms with E-state index in [4.69, 9.17) is 21.3 Å². The molecule has 0 unspecified atom stereocenters. The Morgan fingerprint density at radius 1 is 0.974 bits per heavy atom. The number of hydrogen-bond donors (Lipinski definition) is 1. The van der Waals surface area contributed by atoms with Crippen LogP contribution in [-0.4, -0.2) is 22.0 Å². The normalized spacial score (nSPS) is 13.1. The van der Waals surface area contributed by atoms with Crippen molar-refractivity contribution in [3.63, 3.8) is 0 Å². The molecule has 0 radical (unpaired) electrons. The summed E-state index contributed by atoms with van der Waals surface area (Å²) in [4.78, 5) is 5.28. The molecule has 0 atom stereocenters. The minimum Gasteiger partial charge on any atom is -0.490 e. The molecule has 3 N–H and O–H groups in total. The zero-order valence-electron chi connectivity index (χ0n) is 21.9. The van der Waals surface area contributed by atoms with Crippen LogP contribution < -0.4 is 62.0 Å². The fourth-order valence-corrected chi connectivity index (χ4v) is 4.72. The molecule has 6 nitrogen and oxygen atoms in total. The summed E-state index contributed by atoms with van der Waals surface area (Å²) < 4.78 is 8.06. The molecule has 0 saturated carbocycles. The summed E-state index contributed by atoms with van der Waals surface area (Å²) in [5.74, 6) is 6.76. The van der Waals surface area contributed by atoms with Gasteiger partial charge in [-0.15, -0.1) is 0 Å². The van der Waals surface area contributed by atoms with E-state index in [1.807, 2.05) is 30.3 Å². The fraction of sp³-hybridized carbons (Fsp3) is 0.161. The number of allylic oxidation sites excluding steroid dienone is 4. The van der Waals surface area contributed by atoms with Gasteiger partial charge >= 0.3 is 51.4 Å². The Bertz CT molecular complexity index is 1490. The van der Waals surface area contributed by atoms with E-state index in [2.05, 4.69) is 83.4 Å². The number of nitrogens with one attached hydrogen (secondary N) is 1. The molecule has 0 spiro atoms. The minimum atomic E-state index is -0.0113. The van der Waals surface area contributed by atoms with Crippen LogP contribution in [0, 0.1) is 0 Å². The largest absolute Gasteiger partial charge is 1.00 e. The van der Waals surface area contributed by atoms with Crippen molar-refractivity contribution in [1.82, 2.24) is 9.55 Å². The Labute approximate surface area is 266 Å². The van der Waals surface area contributed by atoms with Crippen molar-refractivity contribution in [3.8, 4) is 39.5 Å². The monoisotopic (exact) mass is 527 g/mol. The first-order valence-corrected chi connectivity index (χ1v) is 12.5. The molecule has 3 aromatic carbocycles. The molecule has 0 saturated heterocycles. The van der Waals surface area contributed by atoms with E-state index in [-0.39, 0.29) is 63.8 Å². The number of nitrogens with zero attached hydrogens (tertiary/aromatic N) is 3. The Balaban J connectivity index is 0.00000336. The SMILES string of the molecule is CCn1c(-c2ccccc2-c2cccc(OC/C([NH-])=N/N)c2)nc(-c2ccccc2)c1C1=CCCC=C1.[K+]. The number of rotatable bonds is 8. The summed E-state index contributed by atoms with van der Waals surface area (Å²) >= 11 is 0. The molecule has 0 bridgehead atoms. The predicted molar refractivity (Wildman–Crippen MR) is 152 cm³/mol. The molecule has 38 heavy (non-hydrogen) atoms. The van der Waals surface area contributed by atoms with Gasteiger partial charge in [0, 0.05) is 17.7 Å². The number of hydrazone groups is 1. The second-order valence-corrected chi connectivity index (χ2v) is 8.82. The first kappa shape index (κ1) is 28.1. The van der Waals surface area contributed by atoms with E-state index in [9.17, 15) is 0 Å². The third-order valence-corrected chi connectivity index (χ3v) is 6.44. The van der Waals surface area contributed by atoms with Crippen LogP contribution >= 0.6 is 0 Å². The molecule has 0 fully saturated rings. The van der Waals surface area contributed by atoms with Crippen LogP contribution in [0.4, 0.5) is 0 Å². The van der Waals surface area contributed by atoms with Gasteiger partial charge in [-0.1, -0.05) is 85.0 Å². The van der Waals surface area contributed by atoms with Gasteiger partial charge < -0.3 is 26.0 Å². The van der Waals surface area contributed by atoms with E-state index in [1.54, 1.807) is 0 Å². The van der Waals surface area contributed by atoms with E-state index in [0.717, 1.165) is 58.9 Å². The Morgan fingerprint density at radius 3 is 2.42 bits per heavy atom. The van der Waals surface area contributed by atoms with Crippen LogP contribution in [0.1, 0.15) is 25.5 Å². The smallest absolute Gasteiger partial charge is 0.490 e. The molecule has 1 aliphatic rings. The summed E-state index contributed by atoms with van der Waals surface area (Å²) in [6.45, 7) is 2.98. The number of imidazole rings is 1. The molecule has 7 heteroatoms. The van der Waals surface area contributed by atoms with Crippen molar-refractivity contribution in [1.29, 1.82) is 0 Å². The number of ether oxygens (including phenoxy) is 1. The van der Waals surface area contributed by atoms with Crippen molar-refractivity contribution < 1.29 is 56.1 Å². The van der Waals surface area contributed by atoms with Crippen LogP contribution in [0.2, 0.25) is 0 Å². The van der Waals surface area contributed by atoms with Gasteiger partial charge in [0.1, 0.15) is 18.2 Å². The summed E-state index contributed by atoms with van der Waals surface area (Å²) in [7, 11) is 0. The third kappa shape index (κ3) is 6.03. The molecule has 4 aromatic rings. The van der Waals surface area contributed by atoms with Gasteiger partial charge in [-0.25, -0.2) is 4.98 Å². The Morgan fingerprint density at radius 2 is 1.71 bits per heavy atom. The molecule has 1 heterocycles. The van der Waals surface area contributed by atoms with Gasteiger partial charge in [0.2, 0.25) is 0 Å². The molecule has 5 rings (SSSR count). The second-order valence-electron chi connectivity index (χ2n) is 8.82. The van der Waals surface area contributed by atoms with Gasteiger partial charge in [-0.05, 0) is 54.4 Å². The summed E-state index contributed by atoms with van der Waals surface area (Å²) in [6, 6.07) is 26.6. The fourth-order valence-electron chi connectivity index (χ4n) is 4.72. The van der Waals surface area contributed by atoms with Crippen LogP contribution in [0.25, 0.3) is 45.1 Å². The summed E-state index contributed by atoms with van der Waals surface area (Å²) in [5.41, 5.74) is 15.2. The van der Waals surface area contributed by atoms with Crippen molar-refractivity contribution >= 4 is 11.4 Å². The summed E-state index contributed by atoms with van der Waals surface area (Å²) in [5, 5.41) is 3.37. The van der Waals surface area contributed by atoms with Gasteiger partial charge in [-0.2, -0.15) is 0 Å². The first-order valence-electron chi connectivity index (χ1n) is 12.5. The number of amidine groups is 1. The predicted octanol–water partition coefficient (Wildman–Crippen LogP) is 4.34. The van der Waals surface area contributed by atoms with Gasteiger partial charge in [0.25, 0.3) is 0 Å². The molecular weight excluding hydrogens is 497 g/mol. The number of nitrogens with two attached hydrogens (primary N) is 1. The zero-order chi connectivity index (χ0) is 25.6. The quantitative estimate of drug-likeness (QED) is 0.122. The number of hydrogen-bond acceptors (Lipinski definition) is 4. The molecule has 0 aliphatic heterocycles. The van der Waals surface area contributed by atoms with Gasteiger partial charge in [0.05, 0.1) is 11.4 Å². The average molecular weight is 528 g/mol. The first-order chi connectivity index (χ1) is 18.2. The minimum absolute atomic E-state index is 0. The van der Waals surface area contributed by atoms with Crippen LogP contribution in [0.5, 0.6) is 5.75 Å². The van der Waals surface area contributed by atoms with Gasteiger partial charge in [0.15, 0.2) is 0 Å². The summed E-state index contributed by atoms with van der Waals surface area (Å²) in [6.07, 6.45) is 8.88. The zero-order valence-corrected chi connectivity index (χ0v) is 25.0. The molecular formula is C31H30KN5O. The van der Waals surface area contributed by atoms with Gasteiger partial charge in [-0.3, -0.25) is 0 Å². The van der Waals surface area contributed by atoms with E-state index < -0.39 is 0 Å². The molecule has 1 aromatic heterocycles. The maximum atomic E-state index is 7.64. The maximum Gasteiger partial charge on any atom is 1.00 e. The second kappa shape index (κ2) is 13.2. The average Bonchev–Trinajstić information content (AvgIpc) is 3.36. The van der Waals surface area contributed by atoms with Crippen molar-refractivity contribution in [3.05, 3.63) is 109 Å². The maximum absolute atomic E-state index is 7.64. The van der Waals surface area contributed by atoms with Crippen molar-refractivity contribution in [2.24, 2.45) is 10.9 Å².